The van der Waals surface area contributed by atoms with E-state index in [0.717, 1.165) is 11.1 Å². The number of H-pyrrole nitrogens is 1. The minimum Gasteiger partial charge on any atom is -0.297 e. The number of aryl methyl sites for hydroxylation is 1. The van der Waals surface area contributed by atoms with Crippen molar-refractivity contribution in [3.8, 4) is 0 Å². The lowest BCUT2D eigenvalue weighted by Gasteiger charge is -2.07. The van der Waals surface area contributed by atoms with E-state index in [9.17, 15) is 19.7 Å². The van der Waals surface area contributed by atoms with Crippen LogP contribution in [0.1, 0.15) is 24.1 Å². The smallest absolute Gasteiger partial charge is 0.297 e. The lowest BCUT2D eigenvalue weighted by molar-refractivity contribution is -0.384. The molecule has 0 spiro atoms. The Labute approximate surface area is 180 Å². The van der Waals surface area contributed by atoms with Crippen molar-refractivity contribution in [3.05, 3.63) is 96.7 Å². The van der Waals surface area contributed by atoms with Gasteiger partial charge in [0.05, 0.1) is 17.5 Å². The molecule has 0 fully saturated rings. The fourth-order valence-corrected chi connectivity index (χ4v) is 3.29. The average Bonchev–Trinajstić information content (AvgIpc) is 3.15. The van der Waals surface area contributed by atoms with Crippen molar-refractivity contribution in [3.63, 3.8) is 0 Å². The zero-order valence-corrected chi connectivity index (χ0v) is 17.3. The third-order valence-electron chi connectivity index (χ3n) is 5.08. The molecule has 11 nitrogen and oxygen atoms in total. The van der Waals surface area contributed by atoms with Gasteiger partial charge in [-0.05, 0) is 30.2 Å². The predicted octanol–water partition coefficient (Wildman–Crippen LogP) is 3.22. The fraction of sp³-hybridized carbons (Fsp3) is 0.190. The van der Waals surface area contributed by atoms with Gasteiger partial charge in [0.15, 0.2) is 11.2 Å². The molecule has 32 heavy (non-hydrogen) atoms. The van der Waals surface area contributed by atoms with Crippen LogP contribution in [0.2, 0.25) is 0 Å². The molecular weight excluding hydrogens is 414 g/mol. The molecule has 1 N–H and O–H groups in total. The van der Waals surface area contributed by atoms with E-state index >= 15 is 0 Å². The number of rotatable bonds is 6. The summed E-state index contributed by atoms with van der Waals surface area (Å²) in [6, 6.07) is 15.1. The summed E-state index contributed by atoms with van der Waals surface area (Å²) in [5.41, 5.74) is 0.920. The second kappa shape index (κ2) is 8.38. The monoisotopic (exact) mass is 433 g/mol. The number of nitrogens with one attached hydrogen (secondary N) is 1. The SMILES string of the molecule is CC(N=Nc1nc2c(c(=O)[nH]c(=O)n2C)n1Cc1ccccc1)c1ccc([N+](=O)[O-])cc1. The number of hydrogen-bond donors (Lipinski definition) is 1. The molecule has 1 unspecified atom stereocenters. The van der Waals surface area contributed by atoms with E-state index in [1.165, 1.54) is 23.7 Å². The standard InChI is InChI=1S/C21H19N7O4/c1-13(15-8-10-16(11-9-15)28(31)32)24-25-20-22-18-17(19(29)23-21(30)26(18)2)27(20)12-14-6-4-3-5-7-14/h3-11,13H,12H2,1-2H3,(H,23,29,30). The first-order valence-electron chi connectivity index (χ1n) is 9.74. The number of nitrogens with zero attached hydrogens (tertiary/aromatic N) is 6. The summed E-state index contributed by atoms with van der Waals surface area (Å²) in [6.45, 7) is 2.09. The van der Waals surface area contributed by atoms with Crippen LogP contribution in [0.5, 0.6) is 0 Å². The van der Waals surface area contributed by atoms with Gasteiger partial charge in [-0.2, -0.15) is 10.1 Å². The van der Waals surface area contributed by atoms with Gasteiger partial charge in [0.25, 0.3) is 17.2 Å². The minimum atomic E-state index is -0.574. The van der Waals surface area contributed by atoms with Crippen molar-refractivity contribution in [1.82, 2.24) is 19.1 Å². The molecule has 1 atom stereocenters. The van der Waals surface area contributed by atoms with E-state index in [2.05, 4.69) is 20.2 Å². The normalized spacial score (nSPS) is 12.4. The topological polar surface area (TPSA) is 141 Å². The number of aromatic nitrogens is 4. The first-order chi connectivity index (χ1) is 15.3. The van der Waals surface area contributed by atoms with E-state index in [4.69, 9.17) is 0 Å². The third kappa shape index (κ3) is 3.95. The van der Waals surface area contributed by atoms with Crippen LogP contribution in [-0.2, 0) is 13.6 Å². The maximum Gasteiger partial charge on any atom is 0.329 e. The van der Waals surface area contributed by atoms with Crippen LogP contribution < -0.4 is 11.2 Å². The number of aromatic amines is 1. The third-order valence-corrected chi connectivity index (χ3v) is 5.08. The van der Waals surface area contributed by atoms with Gasteiger partial charge in [0.2, 0.25) is 0 Å². The van der Waals surface area contributed by atoms with Crippen molar-refractivity contribution >= 4 is 22.8 Å². The molecule has 0 bridgehead atoms. The van der Waals surface area contributed by atoms with Crippen LogP contribution in [0.3, 0.4) is 0 Å². The molecule has 0 saturated heterocycles. The van der Waals surface area contributed by atoms with Gasteiger partial charge in [-0.3, -0.25) is 29.0 Å². The average molecular weight is 433 g/mol. The van der Waals surface area contributed by atoms with Crippen LogP contribution >= 0.6 is 0 Å². The zero-order valence-electron chi connectivity index (χ0n) is 17.3. The van der Waals surface area contributed by atoms with Gasteiger partial charge in [-0.1, -0.05) is 30.3 Å². The van der Waals surface area contributed by atoms with Gasteiger partial charge >= 0.3 is 5.69 Å². The van der Waals surface area contributed by atoms with Crippen molar-refractivity contribution in [2.24, 2.45) is 17.3 Å². The van der Waals surface area contributed by atoms with Gasteiger partial charge in [-0.25, -0.2) is 4.79 Å². The molecule has 0 saturated carbocycles. The van der Waals surface area contributed by atoms with Crippen molar-refractivity contribution < 1.29 is 4.92 Å². The molecule has 0 aliphatic carbocycles. The molecule has 2 heterocycles. The molecule has 0 aliphatic rings. The molecule has 4 rings (SSSR count). The highest BCUT2D eigenvalue weighted by atomic mass is 16.6. The molecule has 2 aromatic carbocycles. The Balaban J connectivity index is 1.77. The number of azo groups is 1. The number of non-ortho nitro benzene ring substituents is 1. The Morgan fingerprint density at radius 3 is 2.47 bits per heavy atom. The van der Waals surface area contributed by atoms with Crippen molar-refractivity contribution in [2.75, 3.05) is 0 Å². The highest BCUT2D eigenvalue weighted by Crippen LogP contribution is 2.25. The first kappa shape index (κ1) is 20.8. The van der Waals surface area contributed by atoms with Crippen LogP contribution in [0.15, 0.2) is 74.4 Å². The highest BCUT2D eigenvalue weighted by Gasteiger charge is 2.18. The second-order valence-corrected chi connectivity index (χ2v) is 7.21. The minimum absolute atomic E-state index is 0.0114. The maximum absolute atomic E-state index is 12.6. The van der Waals surface area contributed by atoms with Crippen LogP contribution in [-0.4, -0.2) is 24.0 Å². The Kier molecular flexibility index (Phi) is 5.46. The number of fused-ring (bicyclic) bond motifs is 1. The van der Waals surface area contributed by atoms with E-state index in [1.807, 2.05) is 30.3 Å². The summed E-state index contributed by atoms with van der Waals surface area (Å²) < 4.78 is 2.85. The van der Waals surface area contributed by atoms with E-state index in [0.29, 0.717) is 6.54 Å². The highest BCUT2D eigenvalue weighted by molar-refractivity contribution is 5.73. The number of nitro groups is 1. The van der Waals surface area contributed by atoms with Crippen LogP contribution in [0.25, 0.3) is 11.2 Å². The van der Waals surface area contributed by atoms with Crippen LogP contribution in [0.4, 0.5) is 11.6 Å². The van der Waals surface area contributed by atoms with E-state index in [1.54, 1.807) is 23.6 Å². The Morgan fingerprint density at radius 2 is 1.81 bits per heavy atom. The molecule has 4 aromatic rings. The first-order valence-corrected chi connectivity index (χ1v) is 9.74. The largest absolute Gasteiger partial charge is 0.329 e. The molecular formula is C21H19N7O4. The van der Waals surface area contributed by atoms with Gasteiger partial charge in [-0.15, -0.1) is 5.11 Å². The Morgan fingerprint density at radius 1 is 1.12 bits per heavy atom. The van der Waals surface area contributed by atoms with E-state index in [-0.39, 0.29) is 22.8 Å². The predicted molar refractivity (Wildman–Crippen MR) is 117 cm³/mol. The summed E-state index contributed by atoms with van der Waals surface area (Å²) >= 11 is 0. The zero-order chi connectivity index (χ0) is 22.8. The summed E-state index contributed by atoms with van der Waals surface area (Å²) in [7, 11) is 1.51. The molecule has 162 valence electrons. The quantitative estimate of drug-likeness (QED) is 0.282. The summed E-state index contributed by atoms with van der Waals surface area (Å²) in [4.78, 5) is 41.6. The molecule has 2 aromatic heterocycles. The number of hydrogen-bond acceptors (Lipinski definition) is 7. The van der Waals surface area contributed by atoms with Gasteiger partial charge < -0.3 is 0 Å². The summed E-state index contributed by atoms with van der Waals surface area (Å²) in [5.74, 6) is 0.171. The Hall–Kier alpha value is -4.41. The lowest BCUT2D eigenvalue weighted by Crippen LogP contribution is -2.29. The number of benzene rings is 2. The van der Waals surface area contributed by atoms with Crippen LogP contribution in [0, 0.1) is 10.1 Å². The van der Waals surface area contributed by atoms with Gasteiger partial charge in [0.1, 0.15) is 0 Å². The summed E-state index contributed by atoms with van der Waals surface area (Å²) in [5, 5.41) is 19.4. The lowest BCUT2D eigenvalue weighted by atomic mass is 10.1. The Bertz CT molecular complexity index is 1430. The molecule has 0 aliphatic heterocycles. The van der Waals surface area contributed by atoms with Gasteiger partial charge in [0, 0.05) is 19.2 Å². The number of imidazole rings is 1. The maximum atomic E-state index is 12.6. The fourth-order valence-electron chi connectivity index (χ4n) is 3.29. The van der Waals surface area contributed by atoms with Crippen molar-refractivity contribution in [2.45, 2.75) is 19.5 Å². The molecule has 11 heteroatoms. The van der Waals surface area contributed by atoms with E-state index < -0.39 is 22.2 Å². The molecule has 0 radical (unpaired) electrons. The van der Waals surface area contributed by atoms with Crippen molar-refractivity contribution in [1.29, 1.82) is 0 Å². The number of nitro benzene ring substituents is 1. The second-order valence-electron chi connectivity index (χ2n) is 7.21. The molecule has 0 amide bonds. The summed E-state index contributed by atoms with van der Waals surface area (Å²) in [6.07, 6.45) is 0.